The number of ether oxygens (including phenoxy) is 1. The maximum Gasteiger partial charge on any atom is 0.264 e. The van der Waals surface area contributed by atoms with Gasteiger partial charge in [0.2, 0.25) is 0 Å². The van der Waals surface area contributed by atoms with Crippen LogP contribution in [0.5, 0.6) is 5.75 Å². The van der Waals surface area contributed by atoms with Gasteiger partial charge in [-0.2, -0.15) is 4.98 Å². The molecule has 1 aromatic heterocycles. The molecule has 0 aliphatic carbocycles. The van der Waals surface area contributed by atoms with E-state index in [1.807, 2.05) is 20.9 Å². The second-order valence-electron chi connectivity index (χ2n) is 5.09. The molecule has 0 bridgehead atoms. The van der Waals surface area contributed by atoms with E-state index in [4.69, 9.17) is 9.26 Å². The van der Waals surface area contributed by atoms with Crippen LogP contribution in [0.15, 0.2) is 28.8 Å². The summed E-state index contributed by atoms with van der Waals surface area (Å²) < 4.78 is 10.7. The van der Waals surface area contributed by atoms with Crippen molar-refractivity contribution < 1.29 is 14.1 Å². The van der Waals surface area contributed by atoms with Crippen molar-refractivity contribution in [2.24, 2.45) is 0 Å². The van der Waals surface area contributed by atoms with Gasteiger partial charge in [-0.25, -0.2) is 0 Å². The lowest BCUT2D eigenvalue weighted by Gasteiger charge is -2.05. The van der Waals surface area contributed by atoms with Gasteiger partial charge in [0.1, 0.15) is 5.75 Å². The molecule has 0 fully saturated rings. The van der Waals surface area contributed by atoms with Gasteiger partial charge in [-0.1, -0.05) is 12.1 Å². The number of carbonyl (C=O) groups is 1. The average Bonchev–Trinajstić information content (AvgIpc) is 3.00. The molecule has 0 saturated heterocycles. The number of benzene rings is 1. The fraction of sp³-hybridized carbons (Fsp3) is 0.438. The van der Waals surface area contributed by atoms with Gasteiger partial charge in [0.15, 0.2) is 18.2 Å². The van der Waals surface area contributed by atoms with E-state index in [-0.39, 0.29) is 18.4 Å². The van der Waals surface area contributed by atoms with E-state index in [0.717, 1.165) is 0 Å². The summed E-state index contributed by atoms with van der Waals surface area (Å²) in [6.07, 6.45) is 1.20. The Bertz CT molecular complexity index is 607. The van der Waals surface area contributed by atoms with E-state index in [9.17, 15) is 4.79 Å². The van der Waals surface area contributed by atoms with Crippen LogP contribution in [-0.4, -0.2) is 29.0 Å². The highest BCUT2D eigenvalue weighted by Gasteiger charge is 2.10. The Morgan fingerprint density at radius 1 is 1.36 bits per heavy atom. The topological polar surface area (TPSA) is 77.2 Å². The van der Waals surface area contributed by atoms with Gasteiger partial charge in [0.25, 0.3) is 5.89 Å². The van der Waals surface area contributed by atoms with Gasteiger partial charge < -0.3 is 14.6 Å². The average molecular weight is 303 g/mol. The van der Waals surface area contributed by atoms with Crippen molar-refractivity contribution in [3.8, 4) is 5.75 Å². The molecular formula is C16H21N3O3. The van der Waals surface area contributed by atoms with Gasteiger partial charge in [0.05, 0.1) is 0 Å². The van der Waals surface area contributed by atoms with E-state index in [1.54, 1.807) is 24.3 Å². The number of Topliss-reactive ketones (excluding diaryl/α,β-unsaturated/α-hetero) is 1. The molecule has 1 heterocycles. The van der Waals surface area contributed by atoms with Crippen LogP contribution in [0.1, 0.15) is 42.3 Å². The summed E-state index contributed by atoms with van der Waals surface area (Å²) in [5.74, 6) is 1.87. The van der Waals surface area contributed by atoms with Crippen LogP contribution < -0.4 is 10.1 Å². The highest BCUT2D eigenvalue weighted by Crippen LogP contribution is 2.15. The van der Waals surface area contributed by atoms with Crippen molar-refractivity contribution in [2.75, 3.05) is 7.05 Å². The zero-order valence-corrected chi connectivity index (χ0v) is 13.1. The van der Waals surface area contributed by atoms with Crippen molar-refractivity contribution in [1.29, 1.82) is 0 Å². The lowest BCUT2D eigenvalue weighted by Crippen LogP contribution is -2.24. The predicted octanol–water partition coefficient (Wildman–Crippen LogP) is 2.39. The Labute approximate surface area is 129 Å². The molecule has 1 atom stereocenters. The monoisotopic (exact) mass is 303 g/mol. The molecule has 0 radical (unpaired) electrons. The first-order valence-electron chi connectivity index (χ1n) is 7.37. The van der Waals surface area contributed by atoms with Gasteiger partial charge in [-0.05, 0) is 38.2 Å². The highest BCUT2D eigenvalue weighted by molar-refractivity contribution is 5.95. The Morgan fingerprint density at radius 2 is 2.09 bits per heavy atom. The first-order valence-corrected chi connectivity index (χ1v) is 7.37. The van der Waals surface area contributed by atoms with E-state index >= 15 is 0 Å². The summed E-state index contributed by atoms with van der Waals surface area (Å²) in [7, 11) is 1.89. The van der Waals surface area contributed by atoms with Gasteiger partial charge >= 0.3 is 0 Å². The molecule has 118 valence electrons. The highest BCUT2D eigenvalue weighted by atomic mass is 16.5. The summed E-state index contributed by atoms with van der Waals surface area (Å²) >= 11 is 0. The second-order valence-corrected chi connectivity index (χ2v) is 5.09. The van der Waals surface area contributed by atoms with Crippen molar-refractivity contribution >= 4 is 5.78 Å². The van der Waals surface area contributed by atoms with Crippen molar-refractivity contribution in [3.05, 3.63) is 41.5 Å². The van der Waals surface area contributed by atoms with Crippen LogP contribution in [0.3, 0.4) is 0 Å². The number of likely N-dealkylation sites (N-methyl/N-ethyl adjacent to an activating group) is 1. The van der Waals surface area contributed by atoms with Crippen LogP contribution in [-0.2, 0) is 13.0 Å². The predicted molar refractivity (Wildman–Crippen MR) is 81.9 cm³/mol. The second kappa shape index (κ2) is 7.70. The van der Waals surface area contributed by atoms with Gasteiger partial charge in [0, 0.05) is 24.4 Å². The quantitative estimate of drug-likeness (QED) is 0.755. The standard InChI is InChI=1S/C16H21N3O3/c1-4-14(20)12-5-7-13(8-6-12)21-10-16-18-15(19-22-16)9-11(2)17-3/h5-8,11,17H,4,9-10H2,1-3H3. The Kier molecular flexibility index (Phi) is 5.66. The first-order chi connectivity index (χ1) is 10.6. The van der Waals surface area contributed by atoms with E-state index in [1.165, 1.54) is 0 Å². The molecule has 0 aliphatic rings. The fourth-order valence-electron chi connectivity index (χ4n) is 1.89. The molecule has 0 spiro atoms. The minimum atomic E-state index is 0.117. The summed E-state index contributed by atoms with van der Waals surface area (Å²) in [5.41, 5.74) is 0.691. The van der Waals surface area contributed by atoms with Crippen LogP contribution >= 0.6 is 0 Å². The summed E-state index contributed by atoms with van der Waals surface area (Å²) in [5, 5.41) is 7.03. The van der Waals surface area contributed by atoms with E-state index in [2.05, 4.69) is 15.5 Å². The zero-order valence-electron chi connectivity index (χ0n) is 13.1. The van der Waals surface area contributed by atoms with Crippen molar-refractivity contribution in [3.63, 3.8) is 0 Å². The summed E-state index contributed by atoms with van der Waals surface area (Å²) in [4.78, 5) is 15.8. The van der Waals surface area contributed by atoms with Crippen molar-refractivity contribution in [2.45, 2.75) is 39.3 Å². The van der Waals surface area contributed by atoms with E-state index in [0.29, 0.717) is 35.9 Å². The molecule has 6 heteroatoms. The number of ketones is 1. The number of carbonyl (C=O) groups excluding carboxylic acids is 1. The number of rotatable bonds is 8. The Hall–Kier alpha value is -2.21. The summed E-state index contributed by atoms with van der Waals surface area (Å²) in [6.45, 7) is 4.10. The molecular weight excluding hydrogens is 282 g/mol. The maximum absolute atomic E-state index is 11.5. The SMILES string of the molecule is CCC(=O)c1ccc(OCc2nc(CC(C)NC)no2)cc1. The third-order valence-electron chi connectivity index (χ3n) is 3.35. The Morgan fingerprint density at radius 3 is 2.73 bits per heavy atom. The van der Waals surface area contributed by atoms with Crippen molar-refractivity contribution in [1.82, 2.24) is 15.5 Å². The largest absolute Gasteiger partial charge is 0.484 e. The lowest BCUT2D eigenvalue weighted by atomic mass is 10.1. The number of hydrogen-bond donors (Lipinski definition) is 1. The molecule has 1 aromatic carbocycles. The van der Waals surface area contributed by atoms with Crippen LogP contribution in [0.25, 0.3) is 0 Å². The number of nitrogens with one attached hydrogen (secondary N) is 1. The van der Waals surface area contributed by atoms with Gasteiger partial charge in [-0.3, -0.25) is 4.79 Å². The van der Waals surface area contributed by atoms with Crippen LogP contribution in [0.2, 0.25) is 0 Å². The van der Waals surface area contributed by atoms with E-state index < -0.39 is 0 Å². The minimum Gasteiger partial charge on any atom is -0.484 e. The minimum absolute atomic E-state index is 0.117. The molecule has 0 aliphatic heterocycles. The van der Waals surface area contributed by atoms with Crippen LogP contribution in [0, 0.1) is 0 Å². The molecule has 2 aromatic rings. The summed E-state index contributed by atoms with van der Waals surface area (Å²) in [6, 6.07) is 7.34. The molecule has 6 nitrogen and oxygen atoms in total. The van der Waals surface area contributed by atoms with Gasteiger partial charge in [-0.15, -0.1) is 0 Å². The third kappa shape index (κ3) is 4.39. The van der Waals surface area contributed by atoms with Crippen LogP contribution in [0.4, 0.5) is 0 Å². The smallest absolute Gasteiger partial charge is 0.264 e. The molecule has 0 amide bonds. The molecule has 1 unspecified atom stereocenters. The third-order valence-corrected chi connectivity index (χ3v) is 3.35. The molecule has 1 N–H and O–H groups in total. The Balaban J connectivity index is 1.89. The molecule has 0 saturated carbocycles. The zero-order chi connectivity index (χ0) is 15.9. The molecule has 2 rings (SSSR count). The number of hydrogen-bond acceptors (Lipinski definition) is 6. The number of nitrogens with zero attached hydrogens (tertiary/aromatic N) is 2. The fourth-order valence-corrected chi connectivity index (χ4v) is 1.89. The first kappa shape index (κ1) is 16.2. The number of aromatic nitrogens is 2. The molecule has 22 heavy (non-hydrogen) atoms. The maximum atomic E-state index is 11.5. The lowest BCUT2D eigenvalue weighted by molar-refractivity contribution is 0.0988. The normalized spacial score (nSPS) is 12.1.